The lowest BCUT2D eigenvalue weighted by Gasteiger charge is -2.25. The number of carbonyl (C=O) groups is 2. The Kier molecular flexibility index (Phi) is 16.9. The predicted octanol–water partition coefficient (Wildman–Crippen LogP) is 5.48. The Bertz CT molecular complexity index is 1830. The van der Waals surface area contributed by atoms with Gasteiger partial charge in [-0.2, -0.15) is 5.10 Å². The molecule has 2 aromatic carbocycles. The van der Waals surface area contributed by atoms with Gasteiger partial charge in [-0.3, -0.25) is 14.6 Å². The van der Waals surface area contributed by atoms with Crippen molar-refractivity contribution in [3.05, 3.63) is 110 Å². The number of ether oxygens (including phenoxy) is 6. The van der Waals surface area contributed by atoms with Gasteiger partial charge in [0.2, 0.25) is 0 Å². The third-order valence-corrected chi connectivity index (χ3v) is 8.15. The zero-order valence-corrected chi connectivity index (χ0v) is 32.4. The van der Waals surface area contributed by atoms with Crippen molar-refractivity contribution in [2.75, 3.05) is 52.9 Å². The first-order valence-electron chi connectivity index (χ1n) is 17.4. The SMILES string of the molecule is Cn1ncc(OCCOCCOCCOCCOCc2ccccc2)c(-c2ccc(C[C@H](NC(=O)c3c(Cl)cncc3Cl)C(=O)OC(C)(C)C)cc2)c1=O. The standard InChI is InChI=1S/C39H46Cl2N4O9/c1-39(2,3)54-38(48)32(44-36(46)35-30(40)23-42-24-31(35)41)22-27-10-12-29(13-11-27)34-33(25-43-45(4)37(34)47)53-21-20-51-17-16-49-14-15-50-18-19-52-26-28-8-6-5-7-9-28/h5-13,23-25,32H,14-22,26H2,1-4H3,(H,44,46)/t32-/m0/s1. The Morgan fingerprint density at radius 3 is 1.94 bits per heavy atom. The van der Waals surface area contributed by atoms with Gasteiger partial charge in [-0.15, -0.1) is 0 Å². The van der Waals surface area contributed by atoms with Gasteiger partial charge < -0.3 is 33.7 Å². The highest BCUT2D eigenvalue weighted by atomic mass is 35.5. The Balaban J connectivity index is 1.25. The Morgan fingerprint density at radius 1 is 0.778 bits per heavy atom. The van der Waals surface area contributed by atoms with E-state index in [1.807, 2.05) is 30.3 Å². The summed E-state index contributed by atoms with van der Waals surface area (Å²) in [5.41, 5.74) is 1.53. The molecule has 0 aliphatic rings. The quantitative estimate of drug-likeness (QED) is 0.0846. The molecule has 0 unspecified atom stereocenters. The van der Waals surface area contributed by atoms with Gasteiger partial charge in [0.1, 0.15) is 18.2 Å². The van der Waals surface area contributed by atoms with Crippen molar-refractivity contribution >= 4 is 35.1 Å². The number of hydrogen-bond donors (Lipinski definition) is 1. The highest BCUT2D eigenvalue weighted by Crippen LogP contribution is 2.27. The molecule has 4 rings (SSSR count). The minimum absolute atomic E-state index is 0.00455. The normalized spacial score (nSPS) is 12.0. The van der Waals surface area contributed by atoms with Crippen LogP contribution in [0.15, 0.2) is 78.0 Å². The zero-order chi connectivity index (χ0) is 38.9. The molecule has 1 atom stereocenters. The lowest BCUT2D eigenvalue weighted by atomic mass is 10.0. The van der Waals surface area contributed by atoms with Crippen LogP contribution in [0.5, 0.6) is 5.75 Å². The minimum Gasteiger partial charge on any atom is -0.489 e. The monoisotopic (exact) mass is 784 g/mol. The molecule has 2 aromatic heterocycles. The van der Waals surface area contributed by atoms with Gasteiger partial charge in [0.15, 0.2) is 5.75 Å². The molecular formula is C39H46Cl2N4O9. The van der Waals surface area contributed by atoms with E-state index < -0.39 is 23.5 Å². The van der Waals surface area contributed by atoms with Crippen LogP contribution in [0.3, 0.4) is 0 Å². The molecule has 290 valence electrons. The van der Waals surface area contributed by atoms with E-state index in [2.05, 4.69) is 15.4 Å². The van der Waals surface area contributed by atoms with Gasteiger partial charge in [0, 0.05) is 25.9 Å². The molecule has 0 spiro atoms. The number of carbonyl (C=O) groups excluding carboxylic acids is 2. The average molecular weight is 786 g/mol. The van der Waals surface area contributed by atoms with Crippen LogP contribution in [0, 0.1) is 0 Å². The number of aromatic nitrogens is 3. The first-order chi connectivity index (χ1) is 25.9. The number of aryl methyl sites for hydroxylation is 1. The number of benzene rings is 2. The Hall–Kier alpha value is -4.37. The van der Waals surface area contributed by atoms with Crippen molar-refractivity contribution in [1.82, 2.24) is 20.1 Å². The van der Waals surface area contributed by atoms with E-state index in [1.54, 1.807) is 52.1 Å². The molecule has 0 saturated heterocycles. The molecule has 13 nitrogen and oxygen atoms in total. The van der Waals surface area contributed by atoms with Gasteiger partial charge in [0.25, 0.3) is 11.5 Å². The molecule has 4 aromatic rings. The number of rotatable bonds is 21. The van der Waals surface area contributed by atoms with Gasteiger partial charge in [-0.05, 0) is 37.5 Å². The third-order valence-electron chi connectivity index (χ3n) is 7.57. The summed E-state index contributed by atoms with van der Waals surface area (Å²) in [7, 11) is 1.55. The van der Waals surface area contributed by atoms with Crippen LogP contribution in [0.2, 0.25) is 10.0 Å². The number of nitrogens with zero attached hydrogens (tertiary/aromatic N) is 3. The molecule has 0 aliphatic carbocycles. The van der Waals surface area contributed by atoms with Crippen LogP contribution in [0.4, 0.5) is 0 Å². The fourth-order valence-corrected chi connectivity index (χ4v) is 5.54. The maximum atomic E-state index is 13.2. The predicted molar refractivity (Wildman–Crippen MR) is 204 cm³/mol. The van der Waals surface area contributed by atoms with E-state index >= 15 is 0 Å². The fraction of sp³-hybridized carbons (Fsp3) is 0.410. The maximum Gasteiger partial charge on any atom is 0.329 e. The Labute approximate surface area is 324 Å². The first-order valence-corrected chi connectivity index (χ1v) is 18.1. The van der Waals surface area contributed by atoms with Crippen LogP contribution in [-0.4, -0.2) is 91.1 Å². The summed E-state index contributed by atoms with van der Waals surface area (Å²) in [5.74, 6) is -1.00. The lowest BCUT2D eigenvalue weighted by Crippen LogP contribution is -2.45. The van der Waals surface area contributed by atoms with E-state index in [-0.39, 0.29) is 40.8 Å². The number of amides is 1. The summed E-state index contributed by atoms with van der Waals surface area (Å²) in [4.78, 5) is 43.5. The van der Waals surface area contributed by atoms with Gasteiger partial charge in [0.05, 0.1) is 80.2 Å². The van der Waals surface area contributed by atoms with Crippen molar-refractivity contribution in [1.29, 1.82) is 0 Å². The van der Waals surface area contributed by atoms with Crippen LogP contribution in [0.1, 0.15) is 42.3 Å². The molecule has 54 heavy (non-hydrogen) atoms. The molecule has 0 saturated carbocycles. The molecule has 15 heteroatoms. The number of hydrogen-bond acceptors (Lipinski definition) is 11. The Morgan fingerprint density at radius 2 is 1.35 bits per heavy atom. The van der Waals surface area contributed by atoms with Gasteiger partial charge in [-0.1, -0.05) is 77.8 Å². The average Bonchev–Trinajstić information content (AvgIpc) is 3.13. The van der Waals surface area contributed by atoms with Crippen molar-refractivity contribution in [3.63, 3.8) is 0 Å². The molecule has 1 amide bonds. The van der Waals surface area contributed by atoms with E-state index in [4.69, 9.17) is 51.6 Å². The van der Waals surface area contributed by atoms with Crippen molar-refractivity contribution in [3.8, 4) is 16.9 Å². The maximum absolute atomic E-state index is 13.2. The van der Waals surface area contributed by atoms with E-state index in [1.165, 1.54) is 23.3 Å². The third kappa shape index (κ3) is 13.8. The largest absolute Gasteiger partial charge is 0.489 e. The highest BCUT2D eigenvalue weighted by Gasteiger charge is 2.29. The minimum atomic E-state index is -1.08. The summed E-state index contributed by atoms with van der Waals surface area (Å²) in [6.45, 7) is 8.82. The van der Waals surface area contributed by atoms with Crippen LogP contribution in [0.25, 0.3) is 11.1 Å². The second kappa shape index (κ2) is 21.5. The first kappa shape index (κ1) is 42.4. The smallest absolute Gasteiger partial charge is 0.329 e. The topological polar surface area (TPSA) is 149 Å². The second-order valence-electron chi connectivity index (χ2n) is 13.0. The molecule has 2 heterocycles. The van der Waals surface area contributed by atoms with Crippen LogP contribution in [-0.2, 0) is 48.6 Å². The molecule has 0 radical (unpaired) electrons. The summed E-state index contributed by atoms with van der Waals surface area (Å²) < 4.78 is 35.0. The van der Waals surface area contributed by atoms with E-state index in [9.17, 15) is 14.4 Å². The number of nitrogens with one attached hydrogen (secondary N) is 1. The molecule has 1 N–H and O–H groups in total. The van der Waals surface area contributed by atoms with Crippen LogP contribution < -0.4 is 15.6 Å². The van der Waals surface area contributed by atoms with Gasteiger partial charge >= 0.3 is 5.97 Å². The second-order valence-corrected chi connectivity index (χ2v) is 13.8. The summed E-state index contributed by atoms with van der Waals surface area (Å²) in [6, 6.07) is 15.9. The summed E-state index contributed by atoms with van der Waals surface area (Å²) in [6.07, 6.45) is 4.14. The van der Waals surface area contributed by atoms with E-state index in [0.29, 0.717) is 68.7 Å². The molecule has 0 fully saturated rings. The number of halogens is 2. The molecule has 0 bridgehead atoms. The van der Waals surface area contributed by atoms with E-state index in [0.717, 1.165) is 5.56 Å². The van der Waals surface area contributed by atoms with Crippen molar-refractivity contribution in [2.24, 2.45) is 7.05 Å². The summed E-state index contributed by atoms with van der Waals surface area (Å²) in [5, 5.41) is 6.89. The highest BCUT2D eigenvalue weighted by molar-refractivity contribution is 6.39. The summed E-state index contributed by atoms with van der Waals surface area (Å²) >= 11 is 12.4. The number of pyridine rings is 1. The number of esters is 1. The van der Waals surface area contributed by atoms with Crippen molar-refractivity contribution < 1.29 is 38.0 Å². The van der Waals surface area contributed by atoms with Crippen LogP contribution >= 0.6 is 23.2 Å². The fourth-order valence-electron chi connectivity index (χ4n) is 5.00. The molecular weight excluding hydrogens is 739 g/mol. The van der Waals surface area contributed by atoms with Crippen molar-refractivity contribution in [2.45, 2.75) is 45.4 Å². The van der Waals surface area contributed by atoms with Gasteiger partial charge in [-0.25, -0.2) is 9.48 Å². The zero-order valence-electron chi connectivity index (χ0n) is 30.8. The molecule has 0 aliphatic heterocycles. The lowest BCUT2D eigenvalue weighted by molar-refractivity contribution is -0.157.